The second-order valence-electron chi connectivity index (χ2n) is 3.73. The van der Waals surface area contributed by atoms with E-state index in [4.69, 9.17) is 11.1 Å². The first kappa shape index (κ1) is 9.65. The molecule has 0 radical (unpaired) electrons. The summed E-state index contributed by atoms with van der Waals surface area (Å²) in [7, 11) is 0. The van der Waals surface area contributed by atoms with Crippen LogP contribution in [0.3, 0.4) is 0 Å². The summed E-state index contributed by atoms with van der Waals surface area (Å²) in [6.07, 6.45) is 1.79. The molecule has 0 amide bonds. The summed E-state index contributed by atoms with van der Waals surface area (Å²) in [5, 5.41) is 8.75. The number of nitrogens with one attached hydrogen (secondary N) is 2. The Labute approximate surface area is 97.1 Å². The fraction of sp³-hybridized carbons (Fsp3) is 0. The number of hydrogen-bond acceptors (Lipinski definition) is 3. The Bertz CT molecular complexity index is 723. The lowest BCUT2D eigenvalue weighted by Crippen LogP contribution is -2.23. The van der Waals surface area contributed by atoms with Crippen LogP contribution in [0.4, 0.5) is 5.82 Å². The highest BCUT2D eigenvalue weighted by molar-refractivity contribution is 5.86. The van der Waals surface area contributed by atoms with Gasteiger partial charge >= 0.3 is 0 Å². The smallest absolute Gasteiger partial charge is 0.230 e. The third kappa shape index (κ3) is 1.40. The van der Waals surface area contributed by atoms with Crippen molar-refractivity contribution in [1.29, 1.82) is 5.41 Å². The quantitative estimate of drug-likeness (QED) is 0.585. The Hall–Kier alpha value is -2.56. The standard InChI is InChI=1S/C12H11N5/c13-10-9-6-7-15-11(9)17(12(14)16-10)8-4-2-1-3-5-8/h1-7,15H,(H3,13,14,16). The molecule has 84 valence electrons. The molecule has 2 heterocycles. The Balaban J connectivity index is 2.45. The zero-order chi connectivity index (χ0) is 11.8. The number of nitrogens with zero attached hydrogens (tertiary/aromatic N) is 2. The van der Waals surface area contributed by atoms with Crippen LogP contribution >= 0.6 is 0 Å². The first-order valence-electron chi connectivity index (χ1n) is 5.23. The number of aromatic nitrogens is 3. The number of anilines is 1. The van der Waals surface area contributed by atoms with Crippen LogP contribution in [0, 0.1) is 5.41 Å². The van der Waals surface area contributed by atoms with Gasteiger partial charge in [0, 0.05) is 6.20 Å². The van der Waals surface area contributed by atoms with Gasteiger partial charge in [-0.3, -0.25) is 9.98 Å². The monoisotopic (exact) mass is 225 g/mol. The van der Waals surface area contributed by atoms with E-state index >= 15 is 0 Å². The molecule has 0 aliphatic carbocycles. The molecule has 4 N–H and O–H groups in total. The van der Waals surface area contributed by atoms with Crippen molar-refractivity contribution in [2.24, 2.45) is 0 Å². The fourth-order valence-electron chi connectivity index (χ4n) is 1.91. The molecule has 1 aromatic carbocycles. The number of nitrogen functional groups attached to an aromatic ring is 1. The van der Waals surface area contributed by atoms with Gasteiger partial charge in [0.15, 0.2) is 0 Å². The summed E-state index contributed by atoms with van der Waals surface area (Å²) >= 11 is 0. The van der Waals surface area contributed by atoms with Crippen LogP contribution in [-0.4, -0.2) is 14.5 Å². The highest BCUT2D eigenvalue weighted by Gasteiger charge is 2.08. The Morgan fingerprint density at radius 3 is 2.71 bits per heavy atom. The van der Waals surface area contributed by atoms with E-state index in [1.807, 2.05) is 36.4 Å². The molecular formula is C12H11N5. The molecule has 0 bridgehead atoms. The van der Waals surface area contributed by atoms with Crippen LogP contribution < -0.4 is 11.4 Å². The van der Waals surface area contributed by atoms with Crippen molar-refractivity contribution in [3.63, 3.8) is 0 Å². The maximum absolute atomic E-state index is 7.92. The van der Waals surface area contributed by atoms with E-state index in [0.717, 1.165) is 16.7 Å². The summed E-state index contributed by atoms with van der Waals surface area (Å²) < 4.78 is 1.73. The van der Waals surface area contributed by atoms with Gasteiger partial charge in [0.1, 0.15) is 11.5 Å². The van der Waals surface area contributed by atoms with Crippen molar-refractivity contribution >= 4 is 16.9 Å². The number of hydrogen-bond donors (Lipinski definition) is 3. The Morgan fingerprint density at radius 1 is 1.18 bits per heavy atom. The molecule has 5 nitrogen and oxygen atoms in total. The number of H-pyrrole nitrogens is 1. The van der Waals surface area contributed by atoms with E-state index in [1.54, 1.807) is 10.8 Å². The van der Waals surface area contributed by atoms with Gasteiger partial charge in [0.05, 0.1) is 11.1 Å². The van der Waals surface area contributed by atoms with Gasteiger partial charge < -0.3 is 10.7 Å². The van der Waals surface area contributed by atoms with E-state index in [1.165, 1.54) is 0 Å². The Kier molecular flexibility index (Phi) is 1.98. The zero-order valence-corrected chi connectivity index (χ0v) is 9.01. The van der Waals surface area contributed by atoms with Gasteiger partial charge in [-0.25, -0.2) is 0 Å². The van der Waals surface area contributed by atoms with Gasteiger partial charge in [-0.15, -0.1) is 0 Å². The van der Waals surface area contributed by atoms with Crippen LogP contribution in [0.5, 0.6) is 0 Å². The SMILES string of the molecule is N=c1nc(N)c2cc[nH]c2n1-c1ccccc1. The van der Waals surface area contributed by atoms with Crippen LogP contribution in [-0.2, 0) is 0 Å². The molecule has 0 saturated carbocycles. The molecule has 0 aliphatic heterocycles. The van der Waals surface area contributed by atoms with Crippen LogP contribution in [0.25, 0.3) is 16.7 Å². The minimum absolute atomic E-state index is 0.114. The molecule has 17 heavy (non-hydrogen) atoms. The number of para-hydroxylation sites is 1. The average Bonchev–Trinajstić information content (AvgIpc) is 2.79. The summed E-state index contributed by atoms with van der Waals surface area (Å²) in [6, 6.07) is 11.5. The van der Waals surface area contributed by atoms with E-state index in [9.17, 15) is 0 Å². The van der Waals surface area contributed by atoms with Crippen molar-refractivity contribution < 1.29 is 0 Å². The van der Waals surface area contributed by atoms with Gasteiger partial charge in [-0.1, -0.05) is 18.2 Å². The van der Waals surface area contributed by atoms with Crippen molar-refractivity contribution in [2.75, 3.05) is 5.73 Å². The molecule has 3 rings (SSSR count). The highest BCUT2D eigenvalue weighted by Crippen LogP contribution is 2.18. The predicted octanol–water partition coefficient (Wildman–Crippen LogP) is 1.42. The molecule has 0 fully saturated rings. The largest absolute Gasteiger partial charge is 0.383 e. The topological polar surface area (TPSA) is 83.5 Å². The van der Waals surface area contributed by atoms with Gasteiger partial charge in [-0.2, -0.15) is 4.98 Å². The molecule has 0 spiro atoms. The van der Waals surface area contributed by atoms with Gasteiger partial charge in [0.2, 0.25) is 5.62 Å². The van der Waals surface area contributed by atoms with Gasteiger partial charge in [-0.05, 0) is 18.2 Å². The van der Waals surface area contributed by atoms with Gasteiger partial charge in [0.25, 0.3) is 0 Å². The summed E-state index contributed by atoms with van der Waals surface area (Å²) in [6.45, 7) is 0. The molecule has 2 aromatic heterocycles. The first-order valence-corrected chi connectivity index (χ1v) is 5.23. The lowest BCUT2D eigenvalue weighted by molar-refractivity contribution is 0.879. The molecular weight excluding hydrogens is 214 g/mol. The number of aromatic amines is 1. The van der Waals surface area contributed by atoms with Crippen molar-refractivity contribution in [1.82, 2.24) is 14.5 Å². The molecule has 5 heteroatoms. The Morgan fingerprint density at radius 2 is 1.94 bits per heavy atom. The van der Waals surface area contributed by atoms with E-state index < -0.39 is 0 Å². The number of nitrogens with two attached hydrogens (primary N) is 1. The minimum Gasteiger partial charge on any atom is -0.383 e. The summed E-state index contributed by atoms with van der Waals surface area (Å²) in [5.41, 5.74) is 7.57. The van der Waals surface area contributed by atoms with Crippen molar-refractivity contribution in [2.45, 2.75) is 0 Å². The second-order valence-corrected chi connectivity index (χ2v) is 3.73. The maximum Gasteiger partial charge on any atom is 0.230 e. The van der Waals surface area contributed by atoms with Crippen LogP contribution in [0.15, 0.2) is 42.6 Å². The third-order valence-electron chi connectivity index (χ3n) is 2.68. The number of fused-ring (bicyclic) bond motifs is 1. The lowest BCUT2D eigenvalue weighted by Gasteiger charge is -2.08. The molecule has 0 saturated heterocycles. The average molecular weight is 225 g/mol. The van der Waals surface area contributed by atoms with E-state index in [-0.39, 0.29) is 5.62 Å². The van der Waals surface area contributed by atoms with Crippen LogP contribution in [0.2, 0.25) is 0 Å². The summed E-state index contributed by atoms with van der Waals surface area (Å²) in [5.74, 6) is 0.374. The minimum atomic E-state index is 0.114. The predicted molar refractivity (Wildman–Crippen MR) is 65.7 cm³/mol. The van der Waals surface area contributed by atoms with E-state index in [0.29, 0.717) is 5.82 Å². The van der Waals surface area contributed by atoms with Crippen molar-refractivity contribution in [3.05, 3.63) is 48.2 Å². The molecule has 0 atom stereocenters. The molecule has 0 unspecified atom stereocenters. The third-order valence-corrected chi connectivity index (χ3v) is 2.68. The van der Waals surface area contributed by atoms with Crippen molar-refractivity contribution in [3.8, 4) is 5.69 Å². The summed E-state index contributed by atoms with van der Waals surface area (Å²) in [4.78, 5) is 7.13. The highest BCUT2D eigenvalue weighted by atomic mass is 15.1. The van der Waals surface area contributed by atoms with Crippen LogP contribution in [0.1, 0.15) is 0 Å². The van der Waals surface area contributed by atoms with E-state index in [2.05, 4.69) is 9.97 Å². The lowest BCUT2D eigenvalue weighted by atomic mass is 10.3. The number of benzene rings is 1. The zero-order valence-electron chi connectivity index (χ0n) is 9.01. The fourth-order valence-corrected chi connectivity index (χ4v) is 1.91. The first-order chi connectivity index (χ1) is 8.27. The molecule has 3 aromatic rings. The maximum atomic E-state index is 7.92. The molecule has 0 aliphatic rings. The number of rotatable bonds is 1. The second kappa shape index (κ2) is 3.48. The normalized spacial score (nSPS) is 10.8.